The number of nitrogens with two attached hydrogens (primary N) is 1. The van der Waals surface area contributed by atoms with Gasteiger partial charge in [-0.2, -0.15) is 0 Å². The third kappa shape index (κ3) is 5.03. The van der Waals surface area contributed by atoms with E-state index in [2.05, 4.69) is 21.7 Å². The lowest BCUT2D eigenvalue weighted by molar-refractivity contribution is 0.119. The lowest BCUT2D eigenvalue weighted by Gasteiger charge is -2.35. The van der Waals surface area contributed by atoms with Crippen LogP contribution in [0.1, 0.15) is 32.1 Å². The van der Waals surface area contributed by atoms with Gasteiger partial charge in [0.05, 0.1) is 0 Å². The topological polar surface area (TPSA) is 35.7 Å². The highest BCUT2D eigenvalue weighted by atomic mass is 15.3. The first-order chi connectivity index (χ1) is 9.29. The van der Waals surface area contributed by atoms with Gasteiger partial charge >= 0.3 is 0 Å². The number of nitrogens with zero attached hydrogens (tertiary/aromatic N) is 3. The number of piperazine rings is 1. The molecule has 2 N–H and O–H groups in total. The largest absolute Gasteiger partial charge is 0.330 e. The van der Waals surface area contributed by atoms with Crippen LogP contribution < -0.4 is 5.73 Å². The van der Waals surface area contributed by atoms with Gasteiger partial charge in [0.2, 0.25) is 0 Å². The third-order valence-corrected chi connectivity index (χ3v) is 4.79. The molecule has 112 valence electrons. The Bertz CT molecular complexity index is 232. The van der Waals surface area contributed by atoms with Crippen molar-refractivity contribution in [2.75, 3.05) is 59.4 Å². The molecule has 0 atom stereocenters. The molecule has 1 saturated carbocycles. The highest BCUT2D eigenvalue weighted by molar-refractivity contribution is 4.79. The summed E-state index contributed by atoms with van der Waals surface area (Å²) in [7, 11) is 2.23. The number of likely N-dealkylation sites (N-methyl/N-ethyl adjacent to an activating group) is 1. The van der Waals surface area contributed by atoms with Crippen molar-refractivity contribution in [2.45, 2.75) is 38.1 Å². The summed E-state index contributed by atoms with van der Waals surface area (Å²) in [6.07, 6.45) is 6.83. The molecule has 0 spiro atoms. The van der Waals surface area contributed by atoms with Gasteiger partial charge in [0.1, 0.15) is 0 Å². The minimum absolute atomic E-state index is 0.831. The van der Waals surface area contributed by atoms with E-state index < -0.39 is 0 Å². The summed E-state index contributed by atoms with van der Waals surface area (Å²) in [6.45, 7) is 9.46. The molecule has 0 aromatic heterocycles. The molecule has 1 aliphatic heterocycles. The summed E-state index contributed by atoms with van der Waals surface area (Å²) >= 11 is 0. The van der Waals surface area contributed by atoms with Gasteiger partial charge < -0.3 is 10.6 Å². The first-order valence-corrected chi connectivity index (χ1v) is 8.14. The molecular weight excluding hydrogens is 236 g/mol. The fourth-order valence-electron chi connectivity index (χ4n) is 3.38. The molecule has 0 amide bonds. The molecule has 19 heavy (non-hydrogen) atoms. The van der Waals surface area contributed by atoms with Crippen LogP contribution in [0.2, 0.25) is 0 Å². The van der Waals surface area contributed by atoms with E-state index in [4.69, 9.17) is 5.73 Å². The molecule has 0 radical (unpaired) electrons. The molecule has 0 aromatic carbocycles. The maximum atomic E-state index is 5.69. The minimum Gasteiger partial charge on any atom is -0.330 e. The van der Waals surface area contributed by atoms with Crippen LogP contribution in [-0.2, 0) is 0 Å². The zero-order valence-corrected chi connectivity index (χ0v) is 12.7. The molecule has 0 unspecified atom stereocenters. The van der Waals surface area contributed by atoms with Crippen molar-refractivity contribution in [3.63, 3.8) is 0 Å². The molecule has 2 fully saturated rings. The Hall–Kier alpha value is -0.160. The van der Waals surface area contributed by atoms with Gasteiger partial charge in [-0.25, -0.2) is 0 Å². The second-order valence-electron chi connectivity index (χ2n) is 6.26. The summed E-state index contributed by atoms with van der Waals surface area (Å²) < 4.78 is 0. The highest BCUT2D eigenvalue weighted by Gasteiger charge is 2.23. The lowest BCUT2D eigenvalue weighted by atomic mass is 10.2. The maximum Gasteiger partial charge on any atom is 0.0112 e. The Kier molecular flexibility index (Phi) is 6.57. The second-order valence-corrected chi connectivity index (χ2v) is 6.26. The van der Waals surface area contributed by atoms with Crippen molar-refractivity contribution < 1.29 is 0 Å². The van der Waals surface area contributed by atoms with Gasteiger partial charge in [-0.15, -0.1) is 0 Å². The average molecular weight is 268 g/mol. The third-order valence-electron chi connectivity index (χ3n) is 4.79. The zero-order valence-electron chi connectivity index (χ0n) is 12.7. The molecule has 1 aliphatic carbocycles. The number of hydrogen-bond donors (Lipinski definition) is 1. The van der Waals surface area contributed by atoms with E-state index in [0.29, 0.717) is 0 Å². The fraction of sp³-hybridized carbons (Fsp3) is 1.00. The average Bonchev–Trinajstić information content (AvgIpc) is 2.95. The van der Waals surface area contributed by atoms with Crippen LogP contribution in [-0.4, -0.2) is 80.1 Å². The molecule has 2 aliphatic rings. The lowest BCUT2D eigenvalue weighted by Crippen LogP contribution is -2.48. The summed E-state index contributed by atoms with van der Waals surface area (Å²) in [5.74, 6) is 0. The van der Waals surface area contributed by atoms with E-state index in [1.54, 1.807) is 0 Å². The van der Waals surface area contributed by atoms with Crippen molar-refractivity contribution >= 4 is 0 Å². The predicted molar refractivity (Wildman–Crippen MR) is 81.4 cm³/mol. The summed E-state index contributed by atoms with van der Waals surface area (Å²) in [5.41, 5.74) is 5.69. The molecule has 0 bridgehead atoms. The minimum atomic E-state index is 0.831. The molecule has 2 rings (SSSR count). The zero-order chi connectivity index (χ0) is 13.5. The molecular formula is C15H32N4. The monoisotopic (exact) mass is 268 g/mol. The summed E-state index contributed by atoms with van der Waals surface area (Å²) in [5, 5.41) is 0. The van der Waals surface area contributed by atoms with Gasteiger partial charge in [-0.05, 0) is 39.4 Å². The molecule has 4 heteroatoms. The van der Waals surface area contributed by atoms with Crippen LogP contribution in [0, 0.1) is 0 Å². The van der Waals surface area contributed by atoms with Crippen LogP contribution in [0.25, 0.3) is 0 Å². The molecule has 0 aromatic rings. The highest BCUT2D eigenvalue weighted by Crippen LogP contribution is 2.23. The number of hydrogen-bond acceptors (Lipinski definition) is 4. The van der Waals surface area contributed by atoms with Crippen molar-refractivity contribution in [1.82, 2.24) is 14.7 Å². The Labute approximate surface area is 118 Å². The van der Waals surface area contributed by atoms with Gasteiger partial charge in [0.25, 0.3) is 0 Å². The van der Waals surface area contributed by atoms with Crippen LogP contribution in [0.15, 0.2) is 0 Å². The quantitative estimate of drug-likeness (QED) is 0.742. The van der Waals surface area contributed by atoms with Gasteiger partial charge in [-0.3, -0.25) is 9.80 Å². The fourth-order valence-corrected chi connectivity index (χ4v) is 3.38. The normalized spacial score (nSPS) is 23.5. The van der Waals surface area contributed by atoms with Crippen molar-refractivity contribution in [1.29, 1.82) is 0 Å². The number of rotatable bonds is 7. The predicted octanol–water partition coefficient (Wildman–Crippen LogP) is 0.827. The first-order valence-electron chi connectivity index (χ1n) is 8.14. The van der Waals surface area contributed by atoms with Crippen LogP contribution in [0.4, 0.5) is 0 Å². The van der Waals surface area contributed by atoms with E-state index in [0.717, 1.165) is 19.0 Å². The van der Waals surface area contributed by atoms with Gasteiger partial charge in [0, 0.05) is 45.3 Å². The summed E-state index contributed by atoms with van der Waals surface area (Å²) in [6, 6.07) is 0.846. The smallest absolute Gasteiger partial charge is 0.0112 e. The van der Waals surface area contributed by atoms with Crippen molar-refractivity contribution in [3.05, 3.63) is 0 Å². The van der Waals surface area contributed by atoms with E-state index in [9.17, 15) is 0 Å². The molecule has 1 heterocycles. The Morgan fingerprint density at radius 3 is 2.37 bits per heavy atom. The Morgan fingerprint density at radius 1 is 1.05 bits per heavy atom. The van der Waals surface area contributed by atoms with Crippen molar-refractivity contribution in [2.24, 2.45) is 5.73 Å². The van der Waals surface area contributed by atoms with E-state index >= 15 is 0 Å². The van der Waals surface area contributed by atoms with E-state index in [1.165, 1.54) is 71.5 Å². The first kappa shape index (κ1) is 15.2. The van der Waals surface area contributed by atoms with E-state index in [1.807, 2.05) is 0 Å². The van der Waals surface area contributed by atoms with E-state index in [-0.39, 0.29) is 0 Å². The Morgan fingerprint density at radius 2 is 1.74 bits per heavy atom. The van der Waals surface area contributed by atoms with Crippen molar-refractivity contribution in [3.8, 4) is 0 Å². The standard InChI is InChI=1S/C15H32N4/c1-17-9-11-18(12-10-17)13-14-19(8-4-7-16)15-5-2-3-6-15/h15H,2-14,16H2,1H3. The second kappa shape index (κ2) is 8.20. The van der Waals surface area contributed by atoms with Crippen LogP contribution in [0.5, 0.6) is 0 Å². The molecule has 4 nitrogen and oxygen atoms in total. The van der Waals surface area contributed by atoms with Crippen LogP contribution in [0.3, 0.4) is 0 Å². The van der Waals surface area contributed by atoms with Gasteiger partial charge in [-0.1, -0.05) is 12.8 Å². The van der Waals surface area contributed by atoms with Gasteiger partial charge in [0.15, 0.2) is 0 Å². The maximum absolute atomic E-state index is 5.69. The Balaban J connectivity index is 1.72. The summed E-state index contributed by atoms with van der Waals surface area (Å²) in [4.78, 5) is 7.78. The molecule has 1 saturated heterocycles. The SMILES string of the molecule is CN1CCN(CCN(CCCN)C2CCCC2)CC1. The van der Waals surface area contributed by atoms with Crippen LogP contribution >= 0.6 is 0 Å².